The van der Waals surface area contributed by atoms with Gasteiger partial charge in [-0.15, -0.1) is 0 Å². The van der Waals surface area contributed by atoms with Crippen LogP contribution < -0.4 is 9.47 Å². The molecule has 0 aliphatic carbocycles. The molecule has 0 unspecified atom stereocenters. The van der Waals surface area contributed by atoms with Crippen molar-refractivity contribution in [3.05, 3.63) is 51.0 Å². The Bertz CT molecular complexity index is 1320. The lowest BCUT2D eigenvalue weighted by molar-refractivity contribution is 0.0357. The molecule has 0 bridgehead atoms. The zero-order chi connectivity index (χ0) is 26.9. The summed E-state index contributed by atoms with van der Waals surface area (Å²) in [5.41, 5.74) is 0.381. The van der Waals surface area contributed by atoms with Gasteiger partial charge in [0.1, 0.15) is 28.6 Å². The highest BCUT2D eigenvalue weighted by molar-refractivity contribution is 7.90. The van der Waals surface area contributed by atoms with Crippen LogP contribution in [-0.2, 0) is 14.8 Å². The molecular formula is C25H28Cl2N2O7S. The van der Waals surface area contributed by atoms with Crippen molar-refractivity contribution in [2.75, 3.05) is 40.1 Å². The van der Waals surface area contributed by atoms with Gasteiger partial charge in [-0.1, -0.05) is 37.0 Å². The molecule has 0 radical (unpaired) electrons. The quantitative estimate of drug-likeness (QED) is 0.403. The molecular weight excluding hydrogens is 545 g/mol. The predicted molar refractivity (Wildman–Crippen MR) is 138 cm³/mol. The molecule has 2 aliphatic rings. The molecule has 1 saturated heterocycles. The first-order valence-electron chi connectivity index (χ1n) is 11.9. The number of nitrogens with zero attached hydrogens (tertiary/aromatic N) is 2. The second-order valence-electron chi connectivity index (χ2n) is 9.10. The van der Waals surface area contributed by atoms with Gasteiger partial charge in [-0.3, -0.25) is 9.69 Å². The monoisotopic (exact) mass is 572 g/mol. The van der Waals surface area contributed by atoms with E-state index in [0.29, 0.717) is 22.2 Å². The number of benzene rings is 2. The maximum absolute atomic E-state index is 13.2. The molecule has 0 atom stereocenters. The van der Waals surface area contributed by atoms with Gasteiger partial charge in [0, 0.05) is 12.6 Å². The summed E-state index contributed by atoms with van der Waals surface area (Å²) in [4.78, 5) is 28.2. The molecule has 2 aliphatic heterocycles. The maximum Gasteiger partial charge on any atom is 0.343 e. The van der Waals surface area contributed by atoms with Crippen LogP contribution in [0.1, 0.15) is 58.9 Å². The number of hydrogen-bond acceptors (Lipinski definition) is 8. The van der Waals surface area contributed by atoms with Crippen molar-refractivity contribution in [1.29, 1.82) is 0 Å². The molecule has 2 aromatic carbocycles. The third-order valence-electron chi connectivity index (χ3n) is 6.41. The van der Waals surface area contributed by atoms with Gasteiger partial charge in [-0.25, -0.2) is 13.2 Å². The van der Waals surface area contributed by atoms with E-state index >= 15 is 0 Å². The lowest BCUT2D eigenvalue weighted by Crippen LogP contribution is -2.33. The third kappa shape index (κ3) is 5.38. The maximum atomic E-state index is 13.2. The molecule has 0 saturated carbocycles. The van der Waals surface area contributed by atoms with Crippen molar-refractivity contribution in [3.63, 3.8) is 0 Å². The Kier molecular flexibility index (Phi) is 8.23. The van der Waals surface area contributed by atoms with Crippen LogP contribution in [0, 0.1) is 0 Å². The van der Waals surface area contributed by atoms with Crippen molar-refractivity contribution >= 4 is 45.1 Å². The number of ether oxygens (including phenoxy) is 3. The molecule has 200 valence electrons. The van der Waals surface area contributed by atoms with Crippen LogP contribution in [0.4, 0.5) is 0 Å². The normalized spacial score (nSPS) is 16.8. The van der Waals surface area contributed by atoms with Crippen LogP contribution in [0.15, 0.2) is 29.2 Å². The van der Waals surface area contributed by atoms with Crippen molar-refractivity contribution in [1.82, 2.24) is 9.21 Å². The van der Waals surface area contributed by atoms with Gasteiger partial charge >= 0.3 is 5.97 Å². The van der Waals surface area contributed by atoms with Gasteiger partial charge in [-0.2, -0.15) is 4.31 Å². The van der Waals surface area contributed by atoms with E-state index in [9.17, 15) is 18.0 Å². The first-order valence-corrected chi connectivity index (χ1v) is 14.0. The van der Waals surface area contributed by atoms with Crippen molar-refractivity contribution in [2.24, 2.45) is 0 Å². The fourth-order valence-electron chi connectivity index (χ4n) is 4.41. The van der Waals surface area contributed by atoms with E-state index in [4.69, 9.17) is 37.4 Å². The van der Waals surface area contributed by atoms with Gasteiger partial charge in [-0.05, 0) is 55.6 Å². The summed E-state index contributed by atoms with van der Waals surface area (Å²) < 4.78 is 43.1. The van der Waals surface area contributed by atoms with Crippen LogP contribution in [-0.4, -0.2) is 69.6 Å². The zero-order valence-corrected chi connectivity index (χ0v) is 23.1. The summed E-state index contributed by atoms with van der Waals surface area (Å²) in [6.07, 6.45) is 2.31. The van der Waals surface area contributed by atoms with Crippen LogP contribution in [0.3, 0.4) is 0 Å². The Morgan fingerprint density at radius 3 is 2.51 bits per heavy atom. The van der Waals surface area contributed by atoms with Crippen molar-refractivity contribution < 1.29 is 32.2 Å². The zero-order valence-electron chi connectivity index (χ0n) is 20.8. The average molecular weight is 573 g/mol. The highest BCUT2D eigenvalue weighted by Crippen LogP contribution is 2.39. The minimum atomic E-state index is -4.28. The second kappa shape index (κ2) is 11.1. The molecule has 2 aromatic rings. The number of sulfonamides is 1. The smallest absolute Gasteiger partial charge is 0.343 e. The van der Waals surface area contributed by atoms with Crippen LogP contribution in [0.2, 0.25) is 10.0 Å². The number of methoxy groups -OCH3 is 1. The number of fused-ring (bicyclic) bond motifs is 1. The Labute approximate surface area is 226 Å². The molecule has 9 nitrogen and oxygen atoms in total. The average Bonchev–Trinajstić information content (AvgIpc) is 3.43. The second-order valence-corrected chi connectivity index (χ2v) is 11.7. The van der Waals surface area contributed by atoms with E-state index in [1.54, 1.807) is 12.1 Å². The fraction of sp³-hybridized carbons (Fsp3) is 0.440. The molecule has 0 aromatic heterocycles. The number of carbonyl (C=O) groups is 2. The van der Waals surface area contributed by atoms with Crippen LogP contribution in [0.25, 0.3) is 0 Å². The topological polar surface area (TPSA) is 102 Å². The van der Waals surface area contributed by atoms with Gasteiger partial charge in [0.15, 0.2) is 6.73 Å². The molecule has 0 N–H and O–H groups in total. The fourth-order valence-corrected chi connectivity index (χ4v) is 6.46. The van der Waals surface area contributed by atoms with Gasteiger partial charge in [0.2, 0.25) is 0 Å². The van der Waals surface area contributed by atoms with Crippen molar-refractivity contribution in [2.45, 2.75) is 37.5 Å². The van der Waals surface area contributed by atoms with Crippen LogP contribution >= 0.6 is 23.2 Å². The Morgan fingerprint density at radius 1 is 1.16 bits per heavy atom. The molecule has 2 heterocycles. The Balaban J connectivity index is 1.51. The van der Waals surface area contributed by atoms with E-state index in [0.717, 1.165) is 32.5 Å². The number of likely N-dealkylation sites (tertiary alicyclic amines) is 1. The van der Waals surface area contributed by atoms with E-state index in [1.807, 2.05) is 13.8 Å². The Morgan fingerprint density at radius 2 is 1.86 bits per heavy atom. The standard InChI is InChI=1S/C25H28Cl2N2O7S/c1-15(2)17-12-16(34-3)13-20-21(17)24(30)29(37(20,32)33)14-36-25(31)22-18(26)6-7-19(23(22)27)35-11-10-28-8-4-5-9-28/h6-7,12-13,15H,4-5,8-11,14H2,1-3H3/i24+2. The van der Waals surface area contributed by atoms with Crippen molar-refractivity contribution in [3.8, 4) is 11.5 Å². The predicted octanol–water partition coefficient (Wildman–Crippen LogP) is 4.56. The van der Waals surface area contributed by atoms with E-state index in [2.05, 4.69) is 4.90 Å². The largest absolute Gasteiger partial charge is 0.497 e. The summed E-state index contributed by atoms with van der Waals surface area (Å²) in [7, 11) is -2.87. The molecule has 4 rings (SSSR count). The van der Waals surface area contributed by atoms with E-state index in [1.165, 1.54) is 19.2 Å². The lowest BCUT2D eigenvalue weighted by atomic mass is 10.0. The number of carbonyl (C=O) groups excluding carboxylic acids is 2. The van der Waals surface area contributed by atoms with Crippen LogP contribution in [0.5, 0.6) is 11.5 Å². The molecule has 37 heavy (non-hydrogen) atoms. The molecule has 1 amide bonds. The summed E-state index contributed by atoms with van der Waals surface area (Å²) in [6, 6.07) is 5.91. The first kappa shape index (κ1) is 27.5. The molecule has 1 fully saturated rings. The van der Waals surface area contributed by atoms with E-state index in [-0.39, 0.29) is 37.7 Å². The highest BCUT2D eigenvalue weighted by Gasteiger charge is 2.44. The SMILES string of the molecule is COc1cc(C(C)C)c2c(c1)S(=O)(=O)N(COC(=O)c1c(Cl)ccc(OCCN3CCCC3)c1Cl)[14C]2=O. The number of amides is 1. The Hall–Kier alpha value is -2.53. The third-order valence-corrected chi connectivity index (χ3v) is 8.83. The van der Waals surface area contributed by atoms with E-state index < -0.39 is 28.6 Å². The number of hydrogen-bond donors (Lipinski definition) is 0. The first-order chi connectivity index (χ1) is 17.6. The molecule has 12 heteroatoms. The minimum absolute atomic E-state index is 0.00705. The summed E-state index contributed by atoms with van der Waals surface area (Å²) in [5, 5.41) is -0.0442. The highest BCUT2D eigenvalue weighted by atomic mass is 35.5. The summed E-state index contributed by atoms with van der Waals surface area (Å²) in [5.74, 6) is -1.37. The minimum Gasteiger partial charge on any atom is -0.497 e. The van der Waals surface area contributed by atoms with Gasteiger partial charge in [0.05, 0.1) is 22.7 Å². The lowest BCUT2D eigenvalue weighted by Gasteiger charge is -2.18. The van der Waals surface area contributed by atoms with Gasteiger partial charge in [0.25, 0.3) is 15.9 Å². The number of rotatable bonds is 9. The summed E-state index contributed by atoms with van der Waals surface area (Å²) in [6.45, 7) is 5.95. The number of halogens is 2. The number of esters is 1. The summed E-state index contributed by atoms with van der Waals surface area (Å²) >= 11 is 12.6. The van der Waals surface area contributed by atoms with Gasteiger partial charge < -0.3 is 14.2 Å². The molecule has 0 spiro atoms.